The molecule has 2 heterocycles. The van der Waals surface area contributed by atoms with E-state index in [0.29, 0.717) is 16.7 Å². The number of rotatable bonds is 4. The third kappa shape index (κ3) is 3.76. The van der Waals surface area contributed by atoms with E-state index < -0.39 is 13.2 Å². The van der Waals surface area contributed by atoms with Crippen LogP contribution in [0.3, 0.4) is 0 Å². The quantitative estimate of drug-likeness (QED) is 0.188. The van der Waals surface area contributed by atoms with Crippen molar-refractivity contribution in [1.82, 2.24) is 9.55 Å². The molecule has 0 unspecified atom stereocenters. The van der Waals surface area contributed by atoms with E-state index in [9.17, 15) is 0 Å². The zero-order chi connectivity index (χ0) is 33.5. The number of thiophene rings is 1. The number of nitrogens with zero attached hydrogens (tertiary/aromatic N) is 2. The molecular formula is C41H28N2S. The molecule has 9 aromatic rings. The van der Waals surface area contributed by atoms with Gasteiger partial charge < -0.3 is 0 Å². The van der Waals surface area contributed by atoms with E-state index in [0.717, 1.165) is 32.7 Å². The van der Waals surface area contributed by atoms with Gasteiger partial charge in [-0.1, -0.05) is 104 Å². The Labute approximate surface area is 266 Å². The molecule has 0 atom stereocenters. The van der Waals surface area contributed by atoms with E-state index in [1.807, 2.05) is 53.8 Å². The molecule has 2 aromatic heterocycles. The fourth-order valence-electron chi connectivity index (χ4n) is 6.78. The zero-order valence-corrected chi connectivity index (χ0v) is 24.4. The van der Waals surface area contributed by atoms with Crippen LogP contribution in [0.25, 0.3) is 80.7 Å². The molecule has 0 N–H and O–H groups in total. The monoisotopic (exact) mass is 585 g/mol. The fourth-order valence-corrected chi connectivity index (χ4v) is 7.87. The molecule has 0 aliphatic rings. The van der Waals surface area contributed by atoms with Gasteiger partial charge in [0, 0.05) is 39.1 Å². The van der Waals surface area contributed by atoms with Gasteiger partial charge in [0.25, 0.3) is 0 Å². The summed E-state index contributed by atoms with van der Waals surface area (Å²) in [6, 6.07) is 47.7. The Morgan fingerprint density at radius 2 is 1.16 bits per heavy atom. The first-order chi connectivity index (χ1) is 23.7. The van der Waals surface area contributed by atoms with E-state index in [1.54, 1.807) is 10.6 Å². The largest absolute Gasteiger partial charge is 0.296 e. The Morgan fingerprint density at radius 3 is 1.86 bits per heavy atom. The van der Waals surface area contributed by atoms with Crippen molar-refractivity contribution in [1.29, 1.82) is 0 Å². The number of aryl methyl sites for hydroxylation is 1. The lowest BCUT2D eigenvalue weighted by molar-refractivity contribution is 0.908. The van der Waals surface area contributed by atoms with Crippen molar-refractivity contribution in [3.05, 3.63) is 145 Å². The van der Waals surface area contributed by atoms with Gasteiger partial charge in [0.1, 0.15) is 5.82 Å². The highest BCUT2D eigenvalue weighted by molar-refractivity contribution is 7.25. The number of para-hydroxylation sites is 2. The van der Waals surface area contributed by atoms with Crippen molar-refractivity contribution < 1.29 is 6.85 Å². The van der Waals surface area contributed by atoms with Crippen LogP contribution in [0.5, 0.6) is 0 Å². The average molecular weight is 586 g/mol. The van der Waals surface area contributed by atoms with Crippen LogP contribution in [0, 0.1) is 0 Å². The van der Waals surface area contributed by atoms with Crippen LogP contribution >= 0.6 is 11.3 Å². The number of hydrogen-bond donors (Lipinski definition) is 0. The molecule has 44 heavy (non-hydrogen) atoms. The molecule has 9 rings (SSSR count). The first kappa shape index (κ1) is 20.6. The summed E-state index contributed by atoms with van der Waals surface area (Å²) >= 11 is 1.82. The molecule has 0 radical (unpaired) electrons. The Morgan fingerprint density at radius 1 is 0.591 bits per heavy atom. The standard InChI is InChI=1S/C41H28N2S/c1-2-39-42-35-16-8-9-17-36(35)43(39)28-22-19-26(20-23-28)40-30-12-3-5-14-32(30)41(33-15-6-4-13-31(33)40)27-21-24-38-34(25-27)29-11-7-10-18-37(29)44-38/h3-25H,2H2,1H3/i1D3,2D2. The molecule has 0 bridgehead atoms. The summed E-state index contributed by atoms with van der Waals surface area (Å²) in [6.45, 7) is -2.90. The summed E-state index contributed by atoms with van der Waals surface area (Å²) in [5, 5.41) is 7.12. The molecule has 0 spiro atoms. The van der Waals surface area contributed by atoms with E-state index in [4.69, 9.17) is 6.85 Å². The molecule has 0 amide bonds. The van der Waals surface area contributed by atoms with Crippen LogP contribution < -0.4 is 0 Å². The van der Waals surface area contributed by atoms with Crippen molar-refractivity contribution in [2.24, 2.45) is 0 Å². The predicted octanol–water partition coefficient (Wildman–Crippen LogP) is 11.6. The SMILES string of the molecule is [2H]C([2H])([2H])C([2H])([2H])c1nc2ccccc2n1-c1ccc(-c2c3ccccc3c(-c3ccc4sc5ccccc5c4c3)c3ccccc23)cc1. The lowest BCUT2D eigenvalue weighted by Gasteiger charge is -2.18. The van der Waals surface area contributed by atoms with E-state index >= 15 is 0 Å². The Kier molecular flexibility index (Phi) is 4.64. The molecule has 0 aliphatic heterocycles. The maximum atomic E-state index is 8.59. The molecular weight excluding hydrogens is 553 g/mol. The van der Waals surface area contributed by atoms with Crippen LogP contribution in [0.2, 0.25) is 0 Å². The molecule has 208 valence electrons. The van der Waals surface area contributed by atoms with Gasteiger partial charge in [-0.05, 0) is 86.3 Å². The molecule has 7 aromatic carbocycles. The minimum absolute atomic E-state index is 0.142. The molecule has 3 heteroatoms. The van der Waals surface area contributed by atoms with Gasteiger partial charge in [0.2, 0.25) is 0 Å². The van der Waals surface area contributed by atoms with Crippen LogP contribution in [0.1, 0.15) is 19.5 Å². The number of benzene rings is 7. The molecule has 0 saturated heterocycles. The van der Waals surface area contributed by atoms with Crippen molar-refractivity contribution in [2.45, 2.75) is 13.2 Å². The molecule has 0 saturated carbocycles. The van der Waals surface area contributed by atoms with Gasteiger partial charge in [-0.2, -0.15) is 0 Å². The third-order valence-electron chi connectivity index (χ3n) is 8.68. The van der Waals surface area contributed by atoms with Gasteiger partial charge in [-0.25, -0.2) is 4.98 Å². The predicted molar refractivity (Wildman–Crippen MR) is 189 cm³/mol. The highest BCUT2D eigenvalue weighted by atomic mass is 32.1. The van der Waals surface area contributed by atoms with E-state index in [-0.39, 0.29) is 5.82 Å². The fraction of sp³-hybridized carbons (Fsp3) is 0.0488. The summed E-state index contributed by atoms with van der Waals surface area (Å²) < 4.78 is 45.2. The van der Waals surface area contributed by atoms with Crippen molar-refractivity contribution in [3.8, 4) is 27.9 Å². The van der Waals surface area contributed by atoms with E-state index in [2.05, 4.69) is 96.0 Å². The minimum Gasteiger partial charge on any atom is -0.296 e. The maximum absolute atomic E-state index is 8.59. The summed E-state index contributed by atoms with van der Waals surface area (Å²) in [6.07, 6.45) is -2.66. The summed E-state index contributed by atoms with van der Waals surface area (Å²) in [4.78, 5) is 4.49. The second-order valence-electron chi connectivity index (χ2n) is 11.1. The highest BCUT2D eigenvalue weighted by Crippen LogP contribution is 2.45. The van der Waals surface area contributed by atoms with E-state index in [1.165, 1.54) is 31.3 Å². The normalized spacial score (nSPS) is 14.1. The minimum atomic E-state index is -2.90. The maximum Gasteiger partial charge on any atom is 0.114 e. The molecule has 0 aliphatic carbocycles. The topological polar surface area (TPSA) is 17.8 Å². The first-order valence-electron chi connectivity index (χ1n) is 17.1. The van der Waals surface area contributed by atoms with Gasteiger partial charge in [-0.3, -0.25) is 4.57 Å². The van der Waals surface area contributed by atoms with Crippen molar-refractivity contribution in [2.75, 3.05) is 0 Å². The van der Waals surface area contributed by atoms with Gasteiger partial charge >= 0.3 is 0 Å². The average Bonchev–Trinajstić information content (AvgIpc) is 3.69. The number of aromatic nitrogens is 2. The number of imidazole rings is 1. The lowest BCUT2D eigenvalue weighted by Crippen LogP contribution is -2.00. The Bertz CT molecular complexity index is 2680. The summed E-state index contributed by atoms with van der Waals surface area (Å²) in [5.41, 5.74) is 6.31. The van der Waals surface area contributed by atoms with Crippen LogP contribution in [-0.2, 0) is 6.37 Å². The zero-order valence-electron chi connectivity index (χ0n) is 28.6. The van der Waals surface area contributed by atoms with Gasteiger partial charge in [-0.15, -0.1) is 11.3 Å². The van der Waals surface area contributed by atoms with Crippen LogP contribution in [-0.4, -0.2) is 9.55 Å². The van der Waals surface area contributed by atoms with Crippen molar-refractivity contribution >= 4 is 64.1 Å². The second-order valence-corrected chi connectivity index (χ2v) is 12.2. The number of fused-ring (bicyclic) bond motifs is 6. The third-order valence-corrected chi connectivity index (χ3v) is 9.84. The summed E-state index contributed by atoms with van der Waals surface area (Å²) in [5.74, 6) is -0.142. The molecule has 0 fully saturated rings. The van der Waals surface area contributed by atoms with Gasteiger partial charge in [0.05, 0.1) is 11.0 Å². The van der Waals surface area contributed by atoms with Crippen LogP contribution in [0.4, 0.5) is 0 Å². The first-order valence-corrected chi connectivity index (χ1v) is 15.5. The van der Waals surface area contributed by atoms with Crippen LogP contribution in [0.15, 0.2) is 140 Å². The summed E-state index contributed by atoms with van der Waals surface area (Å²) in [7, 11) is 0. The smallest absolute Gasteiger partial charge is 0.114 e. The second kappa shape index (κ2) is 9.90. The number of hydrogen-bond acceptors (Lipinski definition) is 2. The van der Waals surface area contributed by atoms with Gasteiger partial charge in [0.15, 0.2) is 0 Å². The Balaban J connectivity index is 1.25. The van der Waals surface area contributed by atoms with Crippen molar-refractivity contribution in [3.63, 3.8) is 0 Å². The lowest BCUT2D eigenvalue weighted by atomic mass is 9.85. The molecule has 2 nitrogen and oxygen atoms in total. The Hall–Kier alpha value is -5.25. The highest BCUT2D eigenvalue weighted by Gasteiger charge is 2.18.